The Morgan fingerprint density at radius 1 is 1.53 bits per heavy atom. The minimum Gasteiger partial charge on any atom is -0.395 e. The van der Waals surface area contributed by atoms with Crippen LogP contribution < -0.4 is 11.5 Å². The van der Waals surface area contributed by atoms with Gasteiger partial charge in [0.1, 0.15) is 5.82 Å². The van der Waals surface area contributed by atoms with Crippen LogP contribution in [0.4, 0.5) is 11.5 Å². The van der Waals surface area contributed by atoms with Gasteiger partial charge in [0.15, 0.2) is 0 Å². The fourth-order valence-corrected chi connectivity index (χ4v) is 1.32. The molecule has 0 saturated heterocycles. The van der Waals surface area contributed by atoms with E-state index in [1.165, 1.54) is 6.20 Å². The zero-order valence-electron chi connectivity index (χ0n) is 9.03. The van der Waals surface area contributed by atoms with E-state index in [0.717, 1.165) is 6.42 Å². The normalized spacial score (nSPS) is 10.0. The van der Waals surface area contributed by atoms with Crippen molar-refractivity contribution >= 4 is 17.4 Å². The predicted octanol–water partition coefficient (Wildman–Crippen LogP) is 0.728. The lowest BCUT2D eigenvalue weighted by Crippen LogP contribution is -2.28. The van der Waals surface area contributed by atoms with Crippen LogP contribution in [0.5, 0.6) is 0 Å². The van der Waals surface area contributed by atoms with Gasteiger partial charge in [0.25, 0.3) is 5.91 Å². The molecule has 0 radical (unpaired) electrons. The van der Waals surface area contributed by atoms with E-state index in [4.69, 9.17) is 11.5 Å². The molecule has 0 saturated carbocycles. The second-order valence-electron chi connectivity index (χ2n) is 3.38. The number of pyridine rings is 1. The molecule has 0 bridgehead atoms. The molecule has 0 aliphatic carbocycles. The molecule has 0 aromatic carbocycles. The number of nitrogen functional groups attached to an aromatic ring is 2. The first kappa shape index (κ1) is 11.3. The van der Waals surface area contributed by atoms with Gasteiger partial charge in [-0.25, -0.2) is 4.98 Å². The smallest absolute Gasteiger partial charge is 0.255 e. The third-order valence-corrected chi connectivity index (χ3v) is 2.16. The maximum absolute atomic E-state index is 11.9. The molecule has 4 N–H and O–H groups in total. The second-order valence-corrected chi connectivity index (χ2v) is 3.38. The van der Waals surface area contributed by atoms with Crippen LogP contribution in [0.15, 0.2) is 12.3 Å². The van der Waals surface area contributed by atoms with Crippen LogP contribution in [0, 0.1) is 0 Å². The first-order valence-corrected chi connectivity index (χ1v) is 4.83. The topological polar surface area (TPSA) is 85.2 Å². The van der Waals surface area contributed by atoms with Gasteiger partial charge in [0, 0.05) is 19.8 Å². The minimum absolute atomic E-state index is 0.122. The lowest BCUT2D eigenvalue weighted by molar-refractivity contribution is 0.0796. The highest BCUT2D eigenvalue weighted by Crippen LogP contribution is 2.18. The molecule has 0 aliphatic rings. The third kappa shape index (κ3) is 2.37. The average Bonchev–Trinajstić information content (AvgIpc) is 2.21. The van der Waals surface area contributed by atoms with Crippen LogP contribution in [-0.4, -0.2) is 29.4 Å². The molecule has 0 unspecified atom stereocenters. The number of carbonyl (C=O) groups excluding carboxylic acids is 1. The number of anilines is 2. The Balaban J connectivity index is 2.96. The summed E-state index contributed by atoms with van der Waals surface area (Å²) in [7, 11) is 1.74. The summed E-state index contributed by atoms with van der Waals surface area (Å²) in [6.07, 6.45) is 2.39. The van der Waals surface area contributed by atoms with Crippen molar-refractivity contribution in [3.8, 4) is 0 Å². The summed E-state index contributed by atoms with van der Waals surface area (Å²) in [5.41, 5.74) is 11.9. The monoisotopic (exact) mass is 208 g/mol. The van der Waals surface area contributed by atoms with E-state index in [0.29, 0.717) is 12.1 Å². The fraction of sp³-hybridized carbons (Fsp3) is 0.400. The number of nitrogens with two attached hydrogens (primary N) is 2. The molecule has 5 heteroatoms. The summed E-state index contributed by atoms with van der Waals surface area (Å²) in [5.74, 6) is 0.0780. The van der Waals surface area contributed by atoms with Crippen molar-refractivity contribution in [2.45, 2.75) is 13.3 Å². The standard InChI is InChI=1S/C10H16N4O/c1-3-6-14(2)10(15)7-4-5-13-9(12)8(7)11/h4-5H,3,6,11H2,1-2H3,(H2,12,13). The first-order valence-electron chi connectivity index (χ1n) is 4.83. The van der Waals surface area contributed by atoms with E-state index in [1.54, 1.807) is 18.0 Å². The summed E-state index contributed by atoms with van der Waals surface area (Å²) >= 11 is 0. The summed E-state index contributed by atoms with van der Waals surface area (Å²) in [5, 5.41) is 0. The zero-order valence-corrected chi connectivity index (χ0v) is 9.03. The quantitative estimate of drug-likeness (QED) is 0.766. The van der Waals surface area contributed by atoms with E-state index >= 15 is 0 Å². The zero-order chi connectivity index (χ0) is 11.4. The van der Waals surface area contributed by atoms with E-state index in [-0.39, 0.29) is 17.4 Å². The Labute approximate surface area is 89.1 Å². The van der Waals surface area contributed by atoms with Crippen LogP contribution in [-0.2, 0) is 0 Å². The van der Waals surface area contributed by atoms with Crippen molar-refractivity contribution in [1.29, 1.82) is 0 Å². The first-order chi connectivity index (χ1) is 7.07. The van der Waals surface area contributed by atoms with Crippen molar-refractivity contribution in [2.24, 2.45) is 0 Å². The van der Waals surface area contributed by atoms with Gasteiger partial charge in [-0.05, 0) is 12.5 Å². The van der Waals surface area contributed by atoms with E-state index in [9.17, 15) is 4.79 Å². The highest BCUT2D eigenvalue weighted by Gasteiger charge is 2.15. The van der Waals surface area contributed by atoms with E-state index < -0.39 is 0 Å². The number of aromatic nitrogens is 1. The van der Waals surface area contributed by atoms with Crippen molar-refractivity contribution in [1.82, 2.24) is 9.88 Å². The molecule has 5 nitrogen and oxygen atoms in total. The molecule has 15 heavy (non-hydrogen) atoms. The molecule has 0 fully saturated rings. The summed E-state index contributed by atoms with van der Waals surface area (Å²) < 4.78 is 0. The highest BCUT2D eigenvalue weighted by molar-refractivity contribution is 6.00. The number of rotatable bonds is 3. The molecule has 1 rings (SSSR count). The molecule has 1 heterocycles. The van der Waals surface area contributed by atoms with Crippen molar-refractivity contribution in [3.05, 3.63) is 17.8 Å². The number of nitrogens with zero attached hydrogens (tertiary/aromatic N) is 2. The largest absolute Gasteiger partial charge is 0.395 e. The highest BCUT2D eigenvalue weighted by atomic mass is 16.2. The van der Waals surface area contributed by atoms with Gasteiger partial charge >= 0.3 is 0 Å². The van der Waals surface area contributed by atoms with Crippen LogP contribution in [0.25, 0.3) is 0 Å². The molecule has 82 valence electrons. The third-order valence-electron chi connectivity index (χ3n) is 2.16. The predicted molar refractivity (Wildman–Crippen MR) is 60.3 cm³/mol. The Bertz CT molecular complexity index is 364. The molecule has 1 aromatic rings. The number of carbonyl (C=O) groups is 1. The van der Waals surface area contributed by atoms with Gasteiger partial charge in [-0.15, -0.1) is 0 Å². The molecule has 0 spiro atoms. The van der Waals surface area contributed by atoms with Gasteiger partial charge < -0.3 is 16.4 Å². The Hall–Kier alpha value is -1.78. The lowest BCUT2D eigenvalue weighted by Gasteiger charge is -2.17. The summed E-state index contributed by atoms with van der Waals surface area (Å²) in [6, 6.07) is 1.58. The second kappa shape index (κ2) is 4.63. The maximum Gasteiger partial charge on any atom is 0.255 e. The molecule has 0 atom stereocenters. The molecule has 1 aromatic heterocycles. The van der Waals surface area contributed by atoms with E-state index in [1.807, 2.05) is 6.92 Å². The average molecular weight is 208 g/mol. The maximum atomic E-state index is 11.9. The lowest BCUT2D eigenvalue weighted by atomic mass is 10.2. The number of amides is 1. The number of hydrogen-bond acceptors (Lipinski definition) is 4. The van der Waals surface area contributed by atoms with Gasteiger partial charge in [-0.1, -0.05) is 6.92 Å². The van der Waals surface area contributed by atoms with Gasteiger partial charge in [-0.3, -0.25) is 4.79 Å². The molecular formula is C10H16N4O. The minimum atomic E-state index is -0.122. The van der Waals surface area contributed by atoms with Crippen LogP contribution in [0.3, 0.4) is 0 Å². The fourth-order valence-electron chi connectivity index (χ4n) is 1.32. The van der Waals surface area contributed by atoms with Crippen molar-refractivity contribution in [2.75, 3.05) is 25.1 Å². The molecule has 0 aliphatic heterocycles. The molecular weight excluding hydrogens is 192 g/mol. The van der Waals surface area contributed by atoms with Crippen LogP contribution in [0.2, 0.25) is 0 Å². The van der Waals surface area contributed by atoms with Gasteiger partial charge in [0.2, 0.25) is 0 Å². The summed E-state index contributed by atoms with van der Waals surface area (Å²) in [4.78, 5) is 17.3. The Morgan fingerprint density at radius 3 is 2.80 bits per heavy atom. The SMILES string of the molecule is CCCN(C)C(=O)c1ccnc(N)c1N. The van der Waals surface area contributed by atoms with Crippen molar-refractivity contribution < 1.29 is 4.79 Å². The van der Waals surface area contributed by atoms with Crippen molar-refractivity contribution in [3.63, 3.8) is 0 Å². The van der Waals surface area contributed by atoms with Crippen LogP contribution in [0.1, 0.15) is 23.7 Å². The number of hydrogen-bond donors (Lipinski definition) is 2. The Kier molecular flexibility index (Phi) is 3.49. The van der Waals surface area contributed by atoms with Gasteiger partial charge in [-0.2, -0.15) is 0 Å². The Morgan fingerprint density at radius 2 is 2.20 bits per heavy atom. The van der Waals surface area contributed by atoms with E-state index in [2.05, 4.69) is 4.98 Å². The van der Waals surface area contributed by atoms with Crippen LogP contribution >= 0.6 is 0 Å². The summed E-state index contributed by atoms with van der Waals surface area (Å²) in [6.45, 7) is 2.70. The van der Waals surface area contributed by atoms with Gasteiger partial charge in [0.05, 0.1) is 11.3 Å². The molecule has 1 amide bonds.